The first-order chi connectivity index (χ1) is 6.18. The molecule has 3 heteroatoms. The van der Waals surface area contributed by atoms with Gasteiger partial charge in [-0.2, -0.15) is 0 Å². The minimum Gasteiger partial charge on any atom is -0.387 e. The van der Waals surface area contributed by atoms with Gasteiger partial charge in [-0.15, -0.1) is 0 Å². The third-order valence-corrected chi connectivity index (χ3v) is 2.81. The summed E-state index contributed by atoms with van der Waals surface area (Å²) in [6, 6.07) is 5.48. The summed E-state index contributed by atoms with van der Waals surface area (Å²) < 4.78 is 0. The Kier molecular flexibility index (Phi) is 2.28. The normalized spacial score (nSPS) is 27.0. The Labute approximate surface area is 82.3 Å². The molecule has 0 saturated carbocycles. The van der Waals surface area contributed by atoms with Crippen molar-refractivity contribution in [1.82, 2.24) is 0 Å². The minimum atomic E-state index is -0.553. The summed E-state index contributed by atoms with van der Waals surface area (Å²) in [5.41, 5.74) is 7.81. The third kappa shape index (κ3) is 1.57. The number of hydrogen-bond acceptors (Lipinski definition) is 2. The highest BCUT2D eigenvalue weighted by Gasteiger charge is 2.24. The molecule has 0 spiro atoms. The van der Waals surface area contributed by atoms with E-state index in [1.165, 1.54) is 5.56 Å². The van der Waals surface area contributed by atoms with Gasteiger partial charge >= 0.3 is 0 Å². The van der Waals surface area contributed by atoms with Crippen molar-refractivity contribution in [3.8, 4) is 0 Å². The summed E-state index contributed by atoms with van der Waals surface area (Å²) in [5.74, 6) is 0. The zero-order valence-corrected chi connectivity index (χ0v) is 7.96. The zero-order valence-electron chi connectivity index (χ0n) is 7.20. The number of halogens is 1. The average molecular weight is 198 g/mol. The molecule has 0 saturated heterocycles. The predicted octanol–water partition coefficient (Wildman–Crippen LogP) is 1.65. The van der Waals surface area contributed by atoms with Gasteiger partial charge in [-0.25, -0.2) is 0 Å². The van der Waals surface area contributed by atoms with Crippen molar-refractivity contribution in [1.29, 1.82) is 0 Å². The number of rotatable bonds is 0. The van der Waals surface area contributed by atoms with Crippen LogP contribution in [0.25, 0.3) is 0 Å². The lowest BCUT2D eigenvalue weighted by Gasteiger charge is -2.27. The van der Waals surface area contributed by atoms with E-state index in [1.807, 2.05) is 12.1 Å². The van der Waals surface area contributed by atoms with E-state index in [1.54, 1.807) is 6.07 Å². The number of benzene rings is 1. The summed E-state index contributed by atoms with van der Waals surface area (Å²) in [6.07, 6.45) is 1.23. The second-order valence-electron chi connectivity index (χ2n) is 3.49. The lowest BCUT2D eigenvalue weighted by Crippen LogP contribution is -2.32. The first-order valence-corrected chi connectivity index (χ1v) is 4.78. The number of nitrogens with two attached hydrogens (primary N) is 1. The van der Waals surface area contributed by atoms with Crippen molar-refractivity contribution >= 4 is 11.6 Å². The lowest BCUT2D eigenvalue weighted by atomic mass is 9.86. The molecule has 2 atom stereocenters. The maximum Gasteiger partial charge on any atom is 0.0944 e. The van der Waals surface area contributed by atoms with Crippen LogP contribution < -0.4 is 5.73 Å². The number of aliphatic hydroxyl groups excluding tert-OH is 1. The van der Waals surface area contributed by atoms with Gasteiger partial charge in [0.05, 0.1) is 6.10 Å². The van der Waals surface area contributed by atoms with Crippen LogP contribution in [0, 0.1) is 0 Å². The van der Waals surface area contributed by atoms with Crippen LogP contribution in [0.2, 0.25) is 5.02 Å². The molecule has 0 heterocycles. The van der Waals surface area contributed by atoms with Crippen LogP contribution in [0.4, 0.5) is 0 Å². The van der Waals surface area contributed by atoms with Crippen molar-refractivity contribution in [2.45, 2.75) is 25.0 Å². The second kappa shape index (κ2) is 3.29. The topological polar surface area (TPSA) is 46.2 Å². The maximum atomic E-state index is 9.77. The molecule has 0 fully saturated rings. The van der Waals surface area contributed by atoms with Gasteiger partial charge in [0.15, 0.2) is 0 Å². The van der Waals surface area contributed by atoms with Crippen LogP contribution in [-0.2, 0) is 6.42 Å². The minimum absolute atomic E-state index is 0.147. The van der Waals surface area contributed by atoms with Crippen LogP contribution in [0.5, 0.6) is 0 Å². The van der Waals surface area contributed by atoms with Gasteiger partial charge in [-0.05, 0) is 36.1 Å². The first kappa shape index (κ1) is 9.00. The summed E-state index contributed by atoms with van der Waals surface area (Å²) in [4.78, 5) is 0. The van der Waals surface area contributed by atoms with Gasteiger partial charge in [0.25, 0.3) is 0 Å². The Bertz CT molecular complexity index is 327. The molecule has 0 amide bonds. The molecule has 1 aromatic carbocycles. The van der Waals surface area contributed by atoms with E-state index < -0.39 is 6.10 Å². The van der Waals surface area contributed by atoms with Crippen molar-refractivity contribution in [2.75, 3.05) is 0 Å². The molecule has 2 rings (SSSR count). The average Bonchev–Trinajstić information content (AvgIpc) is 2.12. The quantitative estimate of drug-likeness (QED) is 0.665. The van der Waals surface area contributed by atoms with E-state index in [0.29, 0.717) is 5.02 Å². The highest BCUT2D eigenvalue weighted by molar-refractivity contribution is 6.30. The second-order valence-corrected chi connectivity index (χ2v) is 3.93. The van der Waals surface area contributed by atoms with E-state index in [4.69, 9.17) is 17.3 Å². The SMILES string of the molecule is N[C@H]1CCc2ccc(Cl)cc2[C@@H]1O. The Morgan fingerprint density at radius 3 is 3.00 bits per heavy atom. The van der Waals surface area contributed by atoms with E-state index in [2.05, 4.69) is 0 Å². The summed E-state index contributed by atoms with van der Waals surface area (Å²) in [6.45, 7) is 0. The van der Waals surface area contributed by atoms with E-state index in [-0.39, 0.29) is 6.04 Å². The first-order valence-electron chi connectivity index (χ1n) is 4.40. The summed E-state index contributed by atoms with van der Waals surface area (Å²) in [5, 5.41) is 10.4. The van der Waals surface area contributed by atoms with Gasteiger partial charge in [-0.1, -0.05) is 17.7 Å². The largest absolute Gasteiger partial charge is 0.387 e. The van der Waals surface area contributed by atoms with E-state index in [0.717, 1.165) is 18.4 Å². The molecule has 70 valence electrons. The molecule has 0 aliphatic heterocycles. The highest BCUT2D eigenvalue weighted by atomic mass is 35.5. The molecule has 1 aliphatic carbocycles. The standard InChI is InChI=1S/C10H12ClNO/c11-7-3-1-6-2-4-9(12)10(13)8(6)5-7/h1,3,5,9-10,13H,2,4,12H2/t9-,10-/m0/s1. The zero-order chi connectivity index (χ0) is 9.42. The fourth-order valence-electron chi connectivity index (χ4n) is 1.78. The molecular weight excluding hydrogens is 186 g/mol. The van der Waals surface area contributed by atoms with E-state index >= 15 is 0 Å². The van der Waals surface area contributed by atoms with Gasteiger partial charge in [0.1, 0.15) is 0 Å². The number of fused-ring (bicyclic) bond motifs is 1. The van der Waals surface area contributed by atoms with Gasteiger partial charge in [-0.3, -0.25) is 0 Å². The molecule has 3 N–H and O–H groups in total. The summed E-state index contributed by atoms with van der Waals surface area (Å²) in [7, 11) is 0. The molecule has 0 radical (unpaired) electrons. The molecule has 2 nitrogen and oxygen atoms in total. The van der Waals surface area contributed by atoms with E-state index in [9.17, 15) is 5.11 Å². The fraction of sp³-hybridized carbons (Fsp3) is 0.400. The smallest absolute Gasteiger partial charge is 0.0944 e. The van der Waals surface area contributed by atoms with Gasteiger partial charge in [0.2, 0.25) is 0 Å². The molecule has 0 bridgehead atoms. The monoisotopic (exact) mass is 197 g/mol. The van der Waals surface area contributed by atoms with Crippen molar-refractivity contribution in [3.05, 3.63) is 34.3 Å². The molecule has 0 aromatic heterocycles. The van der Waals surface area contributed by atoms with Gasteiger partial charge < -0.3 is 10.8 Å². The van der Waals surface area contributed by atoms with Crippen LogP contribution in [0.1, 0.15) is 23.7 Å². The van der Waals surface area contributed by atoms with Crippen molar-refractivity contribution in [3.63, 3.8) is 0 Å². The number of hydrogen-bond donors (Lipinski definition) is 2. The maximum absolute atomic E-state index is 9.77. The lowest BCUT2D eigenvalue weighted by molar-refractivity contribution is 0.134. The van der Waals surface area contributed by atoms with Gasteiger partial charge in [0, 0.05) is 11.1 Å². The molecular formula is C10H12ClNO. The molecule has 1 aliphatic rings. The van der Waals surface area contributed by atoms with Crippen LogP contribution in [0.15, 0.2) is 18.2 Å². The fourth-order valence-corrected chi connectivity index (χ4v) is 1.96. The number of aryl methyl sites for hydroxylation is 1. The molecule has 0 unspecified atom stereocenters. The van der Waals surface area contributed by atoms with Crippen LogP contribution >= 0.6 is 11.6 Å². The Morgan fingerprint density at radius 2 is 2.23 bits per heavy atom. The Balaban J connectivity index is 2.45. The van der Waals surface area contributed by atoms with Crippen molar-refractivity contribution < 1.29 is 5.11 Å². The number of aliphatic hydroxyl groups is 1. The van der Waals surface area contributed by atoms with Crippen LogP contribution in [0.3, 0.4) is 0 Å². The third-order valence-electron chi connectivity index (χ3n) is 2.58. The summed E-state index contributed by atoms with van der Waals surface area (Å²) >= 11 is 5.84. The molecule has 1 aromatic rings. The molecule has 13 heavy (non-hydrogen) atoms. The predicted molar refractivity (Wildman–Crippen MR) is 52.7 cm³/mol. The van der Waals surface area contributed by atoms with Crippen LogP contribution in [-0.4, -0.2) is 11.1 Å². The Hall–Kier alpha value is -0.570. The Morgan fingerprint density at radius 1 is 1.46 bits per heavy atom. The highest BCUT2D eigenvalue weighted by Crippen LogP contribution is 2.30. The van der Waals surface area contributed by atoms with Crippen molar-refractivity contribution in [2.24, 2.45) is 5.73 Å².